The van der Waals surface area contributed by atoms with Crippen LogP contribution in [0.1, 0.15) is 98.2 Å². The molecule has 1 aromatic heterocycles. The monoisotopic (exact) mass is 691 g/mol. The smallest absolute Gasteiger partial charge is 0.315 e. The number of hydrogen-bond donors (Lipinski definition) is 4. The largest absolute Gasteiger partial charge is 0.468 e. The lowest BCUT2D eigenvalue weighted by Gasteiger charge is -2.40. The van der Waals surface area contributed by atoms with Crippen LogP contribution in [0.5, 0.6) is 0 Å². The number of urea groups is 1. The molecular weight excluding hydrogens is 638 g/mol. The molecule has 0 aromatic carbocycles. The topological polar surface area (TPSA) is 198 Å². The van der Waals surface area contributed by atoms with E-state index in [1.807, 2.05) is 13.8 Å². The van der Waals surface area contributed by atoms with Crippen LogP contribution in [0.15, 0.2) is 21.6 Å². The first kappa shape index (κ1) is 37.4. The van der Waals surface area contributed by atoms with Gasteiger partial charge >= 0.3 is 6.03 Å². The standard InChI is InChI=1S/C34H53N5O8S/c1-20(2)23-17-25(30(42)36-24(16-22-10-11-22)27(40)29(35)41)39(18-23)31(43)28(33(4,5)6)37-32(44)38-34(13-8-7-9-14-34)19-48(45,46)26-12-15-47-21(26)3/h12,15,20,22-25,28H,7-11,13-14,16-19H2,1-6H3,(H2,35,41)(H,36,42)(H2,37,38,44)/t23?,24?,25-,28+/m0/s1. The van der Waals surface area contributed by atoms with Gasteiger partial charge in [0, 0.05) is 6.54 Å². The van der Waals surface area contributed by atoms with E-state index in [-0.39, 0.29) is 40.7 Å². The Labute approximate surface area is 283 Å². The van der Waals surface area contributed by atoms with E-state index in [1.54, 1.807) is 27.7 Å². The quantitative estimate of drug-likeness (QED) is 0.226. The van der Waals surface area contributed by atoms with Gasteiger partial charge in [-0.3, -0.25) is 19.2 Å². The van der Waals surface area contributed by atoms with Crippen molar-refractivity contribution in [1.82, 2.24) is 20.9 Å². The van der Waals surface area contributed by atoms with Crippen LogP contribution in [0.4, 0.5) is 4.79 Å². The average molecular weight is 692 g/mol. The Bertz CT molecular complexity index is 1490. The van der Waals surface area contributed by atoms with Crippen molar-refractivity contribution >= 4 is 39.4 Å². The molecule has 5 amide bonds. The minimum atomic E-state index is -3.80. The molecule has 0 radical (unpaired) electrons. The van der Waals surface area contributed by atoms with E-state index >= 15 is 0 Å². The summed E-state index contributed by atoms with van der Waals surface area (Å²) in [7, 11) is -3.80. The molecule has 268 valence electrons. The minimum absolute atomic E-state index is 0.0186. The Morgan fingerprint density at radius 1 is 1.06 bits per heavy atom. The molecule has 5 N–H and O–H groups in total. The lowest BCUT2D eigenvalue weighted by atomic mass is 9.83. The van der Waals surface area contributed by atoms with Crippen molar-refractivity contribution in [2.75, 3.05) is 12.3 Å². The summed E-state index contributed by atoms with van der Waals surface area (Å²) >= 11 is 0. The zero-order valence-electron chi connectivity index (χ0n) is 29.1. The van der Waals surface area contributed by atoms with Crippen LogP contribution < -0.4 is 21.7 Å². The molecule has 2 heterocycles. The summed E-state index contributed by atoms with van der Waals surface area (Å²) in [5.74, 6) is -2.65. The maximum Gasteiger partial charge on any atom is 0.315 e. The number of nitrogens with two attached hydrogens (primary N) is 1. The number of likely N-dealkylation sites (tertiary alicyclic amines) is 1. The average Bonchev–Trinajstić information content (AvgIpc) is 3.49. The summed E-state index contributed by atoms with van der Waals surface area (Å²) in [6, 6.07) is -2.30. The number of nitrogens with zero attached hydrogens (tertiary/aromatic N) is 1. The van der Waals surface area contributed by atoms with Gasteiger partial charge in [-0.05, 0) is 61.8 Å². The Hall–Kier alpha value is -3.42. The maximum atomic E-state index is 14.4. The Balaban J connectivity index is 1.55. The van der Waals surface area contributed by atoms with Crippen molar-refractivity contribution < 1.29 is 36.8 Å². The highest BCUT2D eigenvalue weighted by atomic mass is 32.2. The van der Waals surface area contributed by atoms with Crippen molar-refractivity contribution in [3.05, 3.63) is 18.1 Å². The number of ketones is 1. The van der Waals surface area contributed by atoms with Gasteiger partial charge in [0.05, 0.1) is 23.6 Å². The third kappa shape index (κ3) is 8.97. The molecule has 13 nitrogen and oxygen atoms in total. The highest BCUT2D eigenvalue weighted by molar-refractivity contribution is 7.91. The predicted octanol–water partition coefficient (Wildman–Crippen LogP) is 2.99. The Morgan fingerprint density at radius 2 is 1.71 bits per heavy atom. The molecule has 1 aliphatic heterocycles. The fourth-order valence-corrected chi connectivity index (χ4v) is 9.09. The number of furan rings is 1. The van der Waals surface area contributed by atoms with Gasteiger partial charge in [0.15, 0.2) is 9.84 Å². The van der Waals surface area contributed by atoms with Gasteiger partial charge in [0.2, 0.25) is 17.6 Å². The molecule has 3 fully saturated rings. The first-order valence-corrected chi connectivity index (χ1v) is 18.8. The Morgan fingerprint density at radius 3 is 2.23 bits per heavy atom. The van der Waals surface area contributed by atoms with Gasteiger partial charge in [-0.25, -0.2) is 13.2 Å². The molecule has 0 bridgehead atoms. The van der Waals surface area contributed by atoms with E-state index in [0.717, 1.165) is 32.1 Å². The van der Waals surface area contributed by atoms with Gasteiger partial charge in [0.25, 0.3) is 5.91 Å². The van der Waals surface area contributed by atoms with Crippen molar-refractivity contribution in [2.24, 2.45) is 28.9 Å². The van der Waals surface area contributed by atoms with Crippen LogP contribution >= 0.6 is 0 Å². The third-order valence-corrected chi connectivity index (χ3v) is 12.2. The van der Waals surface area contributed by atoms with Crippen LogP contribution in [0.2, 0.25) is 0 Å². The van der Waals surface area contributed by atoms with E-state index in [4.69, 9.17) is 10.2 Å². The molecule has 2 saturated carbocycles. The summed E-state index contributed by atoms with van der Waals surface area (Å²) < 4.78 is 32.2. The summed E-state index contributed by atoms with van der Waals surface area (Å²) in [4.78, 5) is 67.8. The van der Waals surface area contributed by atoms with E-state index in [9.17, 15) is 32.4 Å². The van der Waals surface area contributed by atoms with Gasteiger partial charge in [-0.15, -0.1) is 0 Å². The van der Waals surface area contributed by atoms with Gasteiger partial charge in [0.1, 0.15) is 22.7 Å². The van der Waals surface area contributed by atoms with Crippen molar-refractivity contribution in [2.45, 2.75) is 128 Å². The van der Waals surface area contributed by atoms with Gasteiger partial charge < -0.3 is 31.0 Å². The van der Waals surface area contributed by atoms with E-state index < -0.39 is 68.5 Å². The molecule has 4 atom stereocenters. The number of amides is 5. The van der Waals surface area contributed by atoms with Gasteiger partial charge in [-0.1, -0.05) is 66.7 Å². The number of aryl methyl sites for hydroxylation is 1. The summed E-state index contributed by atoms with van der Waals surface area (Å²) in [5.41, 5.74) is 3.45. The Kier molecular flexibility index (Phi) is 11.4. The number of sulfone groups is 1. The molecule has 14 heteroatoms. The lowest BCUT2D eigenvalue weighted by Crippen LogP contribution is -2.63. The number of hydrogen-bond acceptors (Lipinski definition) is 8. The highest BCUT2D eigenvalue weighted by Gasteiger charge is 2.47. The van der Waals surface area contributed by atoms with Crippen LogP contribution in [0.3, 0.4) is 0 Å². The van der Waals surface area contributed by atoms with E-state index in [2.05, 4.69) is 16.0 Å². The van der Waals surface area contributed by atoms with E-state index in [1.165, 1.54) is 17.2 Å². The summed E-state index contributed by atoms with van der Waals surface area (Å²) in [6.45, 7) is 11.3. The molecule has 0 spiro atoms. The second-order valence-corrected chi connectivity index (χ2v) is 17.5. The summed E-state index contributed by atoms with van der Waals surface area (Å²) in [6.07, 6.45) is 7.11. The third-order valence-electron chi connectivity index (χ3n) is 10.2. The molecule has 4 rings (SSSR count). The van der Waals surface area contributed by atoms with Crippen molar-refractivity contribution in [3.63, 3.8) is 0 Å². The number of carbonyl (C=O) groups is 5. The minimum Gasteiger partial charge on any atom is -0.468 e. The fraction of sp³-hybridized carbons (Fsp3) is 0.735. The molecule has 1 saturated heterocycles. The number of Topliss-reactive ketones (excluding diaryl/α,β-unsaturated/α-hetero) is 1. The maximum absolute atomic E-state index is 14.4. The zero-order valence-corrected chi connectivity index (χ0v) is 29.9. The van der Waals surface area contributed by atoms with Crippen LogP contribution in [-0.4, -0.2) is 78.8 Å². The molecule has 2 aliphatic carbocycles. The number of carbonyl (C=O) groups excluding carboxylic acids is 5. The highest BCUT2D eigenvalue weighted by Crippen LogP contribution is 2.36. The zero-order chi connectivity index (χ0) is 35.6. The summed E-state index contributed by atoms with van der Waals surface area (Å²) in [5, 5.41) is 8.53. The SMILES string of the molecule is Cc1occc1S(=O)(=O)CC1(NC(=O)N[C@H](C(=O)N2CC(C(C)C)C[C@H]2C(=O)NC(CC2CC2)C(=O)C(N)=O)C(C)(C)C)CCCCC1. The van der Waals surface area contributed by atoms with Crippen molar-refractivity contribution in [3.8, 4) is 0 Å². The first-order chi connectivity index (χ1) is 22.3. The van der Waals surface area contributed by atoms with Gasteiger partial charge in [-0.2, -0.15) is 0 Å². The normalized spacial score (nSPS) is 22.5. The number of nitrogens with one attached hydrogen (secondary N) is 3. The molecule has 1 aromatic rings. The second kappa shape index (κ2) is 14.6. The number of primary amides is 1. The fourth-order valence-electron chi connectivity index (χ4n) is 7.10. The van der Waals surface area contributed by atoms with Crippen molar-refractivity contribution in [1.29, 1.82) is 0 Å². The van der Waals surface area contributed by atoms with Crippen LogP contribution in [0, 0.1) is 30.1 Å². The number of rotatable bonds is 13. The molecular formula is C34H53N5O8S. The van der Waals surface area contributed by atoms with E-state index in [0.29, 0.717) is 25.7 Å². The molecule has 3 aliphatic rings. The molecule has 48 heavy (non-hydrogen) atoms. The predicted molar refractivity (Wildman–Crippen MR) is 178 cm³/mol. The second-order valence-electron chi connectivity index (χ2n) is 15.6. The van der Waals surface area contributed by atoms with Crippen LogP contribution in [-0.2, 0) is 29.0 Å². The van der Waals surface area contributed by atoms with Crippen LogP contribution in [0.25, 0.3) is 0 Å². The lowest BCUT2D eigenvalue weighted by molar-refractivity contribution is -0.143. The first-order valence-electron chi connectivity index (χ1n) is 17.1. The molecule has 2 unspecified atom stereocenters.